The normalized spacial score (nSPS) is 16.3. The maximum Gasteiger partial charge on any atom is 0.326 e. The van der Waals surface area contributed by atoms with Crippen LogP contribution in [0.4, 0.5) is 5.69 Å². The van der Waals surface area contributed by atoms with Gasteiger partial charge in [0.25, 0.3) is 5.91 Å². The Hall–Kier alpha value is -6.64. The Bertz CT molecular complexity index is 2750. The molecule has 2 aliphatic rings. The van der Waals surface area contributed by atoms with Crippen molar-refractivity contribution in [3.05, 3.63) is 182 Å². The van der Waals surface area contributed by atoms with Crippen molar-refractivity contribution in [2.75, 3.05) is 11.9 Å². The van der Waals surface area contributed by atoms with Crippen molar-refractivity contribution in [2.24, 2.45) is 0 Å². The van der Waals surface area contributed by atoms with Crippen molar-refractivity contribution < 1.29 is 29.0 Å². The summed E-state index contributed by atoms with van der Waals surface area (Å²) in [4.78, 5) is 44.7. The highest BCUT2D eigenvalue weighted by Gasteiger charge is 2.38. The number of anilines is 1. The summed E-state index contributed by atoms with van der Waals surface area (Å²) in [6.45, 7) is 5.41. The van der Waals surface area contributed by atoms with Crippen molar-refractivity contribution in [3.63, 3.8) is 0 Å². The van der Waals surface area contributed by atoms with E-state index in [4.69, 9.17) is 37.9 Å². The van der Waals surface area contributed by atoms with Gasteiger partial charge in [0.05, 0.1) is 33.4 Å². The molecule has 2 heterocycles. The Labute approximate surface area is 382 Å². The first-order chi connectivity index (χ1) is 30.8. The molecule has 0 spiro atoms. The fourth-order valence-electron chi connectivity index (χ4n) is 8.39. The third-order valence-corrected chi connectivity index (χ3v) is 12.7. The number of nitriles is 1. The molecule has 6 aromatic carbocycles. The highest BCUT2D eigenvalue weighted by molar-refractivity contribution is 6.42. The number of ether oxygens (including phenoxy) is 2. The van der Waals surface area contributed by atoms with Gasteiger partial charge in [0.1, 0.15) is 24.1 Å². The summed E-state index contributed by atoms with van der Waals surface area (Å²) in [6.07, 6.45) is -0.517. The van der Waals surface area contributed by atoms with Crippen molar-refractivity contribution in [1.29, 1.82) is 5.26 Å². The zero-order chi connectivity index (χ0) is 45.1. The predicted molar refractivity (Wildman–Crippen MR) is 248 cm³/mol. The second-order valence-corrected chi connectivity index (χ2v) is 17.4. The first-order valence-electron chi connectivity index (χ1n) is 21.1. The molecule has 8 rings (SSSR count). The van der Waals surface area contributed by atoms with Gasteiger partial charge in [-0.2, -0.15) is 5.26 Å². The molecule has 0 saturated carbocycles. The lowest BCUT2D eigenvalue weighted by Crippen LogP contribution is -2.54. The first kappa shape index (κ1) is 44.0. The molecule has 0 saturated heterocycles. The van der Waals surface area contributed by atoms with Gasteiger partial charge in [-0.1, -0.05) is 116 Å². The molecule has 2 aliphatic heterocycles. The molecule has 6 aromatic rings. The van der Waals surface area contributed by atoms with E-state index in [1.165, 1.54) is 5.56 Å². The Morgan fingerprint density at radius 1 is 0.875 bits per heavy atom. The number of benzene rings is 6. The second kappa shape index (κ2) is 19.0. The summed E-state index contributed by atoms with van der Waals surface area (Å²) >= 11 is 12.2. The van der Waals surface area contributed by atoms with Gasteiger partial charge < -0.3 is 24.8 Å². The van der Waals surface area contributed by atoms with Crippen LogP contribution in [0.15, 0.2) is 127 Å². The van der Waals surface area contributed by atoms with Gasteiger partial charge >= 0.3 is 5.97 Å². The molecule has 0 radical (unpaired) electrons. The number of hydrogen-bond acceptors (Lipinski definition) is 7. The van der Waals surface area contributed by atoms with E-state index in [9.17, 15) is 19.5 Å². The molecule has 0 bridgehead atoms. The van der Waals surface area contributed by atoms with Crippen LogP contribution in [0, 0.1) is 11.3 Å². The summed E-state index contributed by atoms with van der Waals surface area (Å²) in [5.41, 5.74) is 9.39. The molecule has 2 N–H and O–H groups in total. The number of carboxylic acids is 1. The van der Waals surface area contributed by atoms with Crippen LogP contribution in [0.3, 0.4) is 0 Å². The van der Waals surface area contributed by atoms with Crippen LogP contribution >= 0.6 is 23.2 Å². The molecule has 2 unspecified atom stereocenters. The van der Waals surface area contributed by atoms with Gasteiger partial charge in [0, 0.05) is 32.1 Å². The number of hydrogen-bond donors (Lipinski definition) is 2. The van der Waals surface area contributed by atoms with E-state index >= 15 is 0 Å². The number of carbonyl (C=O) groups excluding carboxylic acids is 2. The van der Waals surface area contributed by atoms with E-state index in [1.54, 1.807) is 48.3 Å². The Morgan fingerprint density at radius 2 is 1.56 bits per heavy atom. The topological polar surface area (TPSA) is 132 Å². The molecule has 2 amide bonds. The van der Waals surface area contributed by atoms with Crippen LogP contribution in [-0.2, 0) is 46.9 Å². The van der Waals surface area contributed by atoms with Gasteiger partial charge in [-0.05, 0) is 105 Å². The lowest BCUT2D eigenvalue weighted by atomic mass is 9.90. The maximum atomic E-state index is 14.4. The van der Waals surface area contributed by atoms with Crippen LogP contribution in [0.2, 0.25) is 10.0 Å². The van der Waals surface area contributed by atoms with Gasteiger partial charge in [-0.3, -0.25) is 14.5 Å². The number of carbonyl (C=O) groups is 3. The van der Waals surface area contributed by atoms with E-state index in [0.29, 0.717) is 57.9 Å². The predicted octanol–water partition coefficient (Wildman–Crippen LogP) is 10.1. The Kier molecular flexibility index (Phi) is 13.1. The molecule has 0 aromatic heterocycles. The Balaban J connectivity index is 1.02. The van der Waals surface area contributed by atoms with Gasteiger partial charge in [0.15, 0.2) is 0 Å². The lowest BCUT2D eigenvalue weighted by molar-refractivity contribution is -0.142. The van der Waals surface area contributed by atoms with Gasteiger partial charge in [-0.25, -0.2) is 4.79 Å². The zero-order valence-electron chi connectivity index (χ0n) is 35.6. The number of nitrogens with zero attached hydrogens (tertiary/aromatic N) is 3. The average molecular weight is 894 g/mol. The zero-order valence-corrected chi connectivity index (χ0v) is 37.1. The van der Waals surface area contributed by atoms with Crippen molar-refractivity contribution in [3.8, 4) is 28.7 Å². The third kappa shape index (κ3) is 9.63. The van der Waals surface area contributed by atoms with Crippen LogP contribution < -0.4 is 19.7 Å². The quantitative estimate of drug-likeness (QED) is 0.117. The van der Waals surface area contributed by atoms with E-state index in [-0.39, 0.29) is 24.9 Å². The van der Waals surface area contributed by atoms with Crippen molar-refractivity contribution >= 4 is 46.7 Å². The summed E-state index contributed by atoms with van der Waals surface area (Å²) in [7, 11) is 1.72. The standard InChI is InChI=1S/C52H46Cl2N4O6/c1-31(2)42-7-5-4-6-38(42)28-58-29-40-26-48-46(57(3)51(60)49(64-48)37-17-19-41(20-18-37)63-30-34-12-21-43(53)44(54)22-34)24-39(40)25-47(58)50(59)56-45(52(61)62)23-32-8-13-35(14-9-32)36-15-10-33(27-55)11-16-36/h4-22,24,26,31,45,47,49H,23,25,28-30H2,1-3H3,(H,56,59)(H,61,62)/t45-,47?,49?/m0/s1. The molecule has 0 aliphatic carbocycles. The number of amides is 2. The van der Waals surface area contributed by atoms with Crippen LogP contribution in [0.1, 0.15) is 70.4 Å². The fraction of sp³-hybridized carbons (Fsp3) is 0.231. The minimum atomic E-state index is -1.18. The number of rotatable bonds is 13. The number of carboxylic acid groups (broad SMARTS) is 1. The third-order valence-electron chi connectivity index (χ3n) is 12.0. The van der Waals surface area contributed by atoms with E-state index in [2.05, 4.69) is 42.3 Å². The smallest absolute Gasteiger partial charge is 0.326 e. The summed E-state index contributed by atoms with van der Waals surface area (Å²) < 4.78 is 12.5. The minimum Gasteiger partial charge on any atom is -0.489 e. The van der Waals surface area contributed by atoms with Crippen molar-refractivity contribution in [2.45, 2.75) is 70.5 Å². The maximum absolute atomic E-state index is 14.4. The fourth-order valence-corrected chi connectivity index (χ4v) is 8.71. The molecule has 0 fully saturated rings. The van der Waals surface area contributed by atoms with Gasteiger partial charge in [-0.15, -0.1) is 0 Å². The number of likely N-dealkylation sites (N-methyl/N-ethyl adjacent to an activating group) is 1. The largest absolute Gasteiger partial charge is 0.489 e. The summed E-state index contributed by atoms with van der Waals surface area (Å²) in [6, 6.07) is 39.7. The molecule has 12 heteroatoms. The van der Waals surface area contributed by atoms with Crippen molar-refractivity contribution in [1.82, 2.24) is 10.2 Å². The van der Waals surface area contributed by atoms with E-state index in [0.717, 1.165) is 38.9 Å². The summed E-state index contributed by atoms with van der Waals surface area (Å²) in [5.74, 6) is -0.367. The lowest BCUT2D eigenvalue weighted by Gasteiger charge is -2.39. The Morgan fingerprint density at radius 3 is 2.23 bits per heavy atom. The second-order valence-electron chi connectivity index (χ2n) is 16.6. The summed E-state index contributed by atoms with van der Waals surface area (Å²) in [5, 5.41) is 23.4. The molecule has 64 heavy (non-hydrogen) atoms. The van der Waals surface area contributed by atoms with Crippen LogP contribution in [0.25, 0.3) is 11.1 Å². The number of halogens is 2. The molecular weight excluding hydrogens is 847 g/mol. The molecular formula is C52H46Cl2N4O6. The number of aliphatic carboxylic acids is 1. The SMILES string of the molecule is CC(C)c1ccccc1CN1Cc2cc3c(cc2CC1C(=O)N[C@@H](Cc1ccc(-c2ccc(C#N)cc2)cc1)C(=O)O)N(C)C(=O)C(c1ccc(OCc2ccc(Cl)c(Cl)c2)cc1)O3. The molecule has 10 nitrogen and oxygen atoms in total. The minimum absolute atomic E-state index is 0.0849. The molecule has 3 atom stereocenters. The molecule has 324 valence electrons. The van der Waals surface area contributed by atoms with Crippen LogP contribution in [-0.4, -0.2) is 46.9 Å². The number of nitrogens with one attached hydrogen (secondary N) is 1. The van der Waals surface area contributed by atoms with E-state index < -0.39 is 30.1 Å². The van der Waals surface area contributed by atoms with Gasteiger partial charge in [0.2, 0.25) is 12.0 Å². The van der Waals surface area contributed by atoms with E-state index in [1.807, 2.05) is 78.9 Å². The monoisotopic (exact) mass is 892 g/mol. The van der Waals surface area contributed by atoms with Crippen LogP contribution in [0.5, 0.6) is 11.5 Å². The number of fused-ring (bicyclic) bond motifs is 2. The average Bonchev–Trinajstić information content (AvgIpc) is 3.30. The highest BCUT2D eigenvalue weighted by Crippen LogP contribution is 2.42. The highest BCUT2D eigenvalue weighted by atomic mass is 35.5. The first-order valence-corrected chi connectivity index (χ1v) is 21.8.